The highest BCUT2D eigenvalue weighted by molar-refractivity contribution is 6.21. The minimum absolute atomic E-state index is 0.0826. The van der Waals surface area contributed by atoms with Gasteiger partial charge in [0.1, 0.15) is 0 Å². The molecule has 1 aliphatic heterocycles. The average Bonchev–Trinajstić information content (AvgIpc) is 2.86. The molecule has 2 amide bonds. The van der Waals surface area contributed by atoms with Gasteiger partial charge in [-0.2, -0.15) is 0 Å². The van der Waals surface area contributed by atoms with Crippen LogP contribution in [0.15, 0.2) is 48.5 Å². The summed E-state index contributed by atoms with van der Waals surface area (Å²) in [6.07, 6.45) is 0. The van der Waals surface area contributed by atoms with Crippen molar-refractivity contribution in [2.45, 2.75) is 0 Å². The van der Waals surface area contributed by atoms with Crippen molar-refractivity contribution in [1.82, 2.24) is 5.06 Å². The van der Waals surface area contributed by atoms with Crippen LogP contribution in [0.3, 0.4) is 0 Å². The van der Waals surface area contributed by atoms with E-state index in [4.69, 9.17) is 4.84 Å². The van der Waals surface area contributed by atoms with Gasteiger partial charge in [-0.3, -0.25) is 9.59 Å². The van der Waals surface area contributed by atoms with Crippen molar-refractivity contribution < 1.29 is 28.8 Å². The number of hydroxylamine groups is 2. The summed E-state index contributed by atoms with van der Waals surface area (Å²) in [5.41, 5.74) is 0.696. The molecule has 0 radical (unpaired) electrons. The molecule has 2 aromatic carbocycles. The number of nitrogens with zero attached hydrogens (tertiary/aromatic N) is 1. The van der Waals surface area contributed by atoms with Crippen molar-refractivity contribution in [2.24, 2.45) is 0 Å². The van der Waals surface area contributed by atoms with E-state index < -0.39 is 23.8 Å². The molecule has 0 bridgehead atoms. The minimum atomic E-state index is -0.888. The lowest BCUT2D eigenvalue weighted by Gasteiger charge is -2.12. The summed E-state index contributed by atoms with van der Waals surface area (Å²) < 4.78 is 4.56. The summed E-state index contributed by atoms with van der Waals surface area (Å²) in [6.45, 7) is 0. The third-order valence-electron chi connectivity index (χ3n) is 3.47. The lowest BCUT2D eigenvalue weighted by atomic mass is 10.1. The van der Waals surface area contributed by atoms with E-state index in [9.17, 15) is 19.2 Å². The van der Waals surface area contributed by atoms with Crippen molar-refractivity contribution in [2.75, 3.05) is 7.11 Å². The quantitative estimate of drug-likeness (QED) is 0.632. The molecule has 0 unspecified atom stereocenters. The van der Waals surface area contributed by atoms with Crippen molar-refractivity contribution in [1.29, 1.82) is 0 Å². The highest BCUT2D eigenvalue weighted by atomic mass is 16.7. The van der Waals surface area contributed by atoms with Crippen LogP contribution in [0.1, 0.15) is 41.4 Å². The summed E-state index contributed by atoms with van der Waals surface area (Å²) in [5.74, 6) is -2.83. The molecule has 7 nitrogen and oxygen atoms in total. The zero-order valence-corrected chi connectivity index (χ0v) is 12.5. The number of amides is 2. The van der Waals surface area contributed by atoms with Gasteiger partial charge in [0.2, 0.25) is 0 Å². The fraction of sp³-hybridized carbons (Fsp3) is 0.0588. The number of carbonyl (C=O) groups excluding carboxylic acids is 4. The number of ether oxygens (including phenoxy) is 1. The van der Waals surface area contributed by atoms with Crippen LogP contribution in [0.25, 0.3) is 0 Å². The third kappa shape index (κ3) is 2.52. The van der Waals surface area contributed by atoms with Crippen molar-refractivity contribution in [3.8, 4) is 0 Å². The Labute approximate surface area is 136 Å². The van der Waals surface area contributed by atoms with Crippen LogP contribution in [0.4, 0.5) is 0 Å². The highest BCUT2D eigenvalue weighted by Gasteiger charge is 2.38. The van der Waals surface area contributed by atoms with E-state index in [2.05, 4.69) is 4.74 Å². The van der Waals surface area contributed by atoms with Crippen LogP contribution in [-0.2, 0) is 9.57 Å². The van der Waals surface area contributed by atoms with Crippen LogP contribution >= 0.6 is 0 Å². The van der Waals surface area contributed by atoms with E-state index >= 15 is 0 Å². The molecule has 0 fully saturated rings. The smallest absolute Gasteiger partial charge is 0.363 e. The first-order valence-electron chi connectivity index (χ1n) is 6.91. The molecule has 0 atom stereocenters. The first-order chi connectivity index (χ1) is 11.5. The van der Waals surface area contributed by atoms with Crippen LogP contribution in [0.2, 0.25) is 0 Å². The van der Waals surface area contributed by atoms with Crippen LogP contribution < -0.4 is 0 Å². The predicted molar refractivity (Wildman–Crippen MR) is 80.1 cm³/mol. The molecule has 24 heavy (non-hydrogen) atoms. The zero-order valence-electron chi connectivity index (χ0n) is 12.5. The van der Waals surface area contributed by atoms with Gasteiger partial charge in [0.15, 0.2) is 0 Å². The standard InChI is InChI=1S/C17H11NO6/c1-23-16(21)10-6-8-11(9-7-10)17(22)24-18-14(19)12-4-2-3-5-13(12)15(18)20/h2-9H,1H3. The summed E-state index contributed by atoms with van der Waals surface area (Å²) in [6, 6.07) is 11.6. The molecule has 0 saturated carbocycles. The third-order valence-corrected chi connectivity index (χ3v) is 3.47. The van der Waals surface area contributed by atoms with Gasteiger partial charge in [-0.05, 0) is 36.4 Å². The predicted octanol–water partition coefficient (Wildman–Crippen LogP) is 1.84. The van der Waals surface area contributed by atoms with E-state index in [0.29, 0.717) is 5.06 Å². The summed E-state index contributed by atoms with van der Waals surface area (Å²) in [4.78, 5) is 52.6. The van der Waals surface area contributed by atoms with E-state index in [1.807, 2.05) is 0 Å². The van der Waals surface area contributed by atoms with E-state index in [1.165, 1.54) is 43.5 Å². The second-order valence-corrected chi connectivity index (χ2v) is 4.90. The fourth-order valence-electron chi connectivity index (χ4n) is 2.25. The minimum Gasteiger partial charge on any atom is -0.465 e. The molecule has 0 saturated heterocycles. The monoisotopic (exact) mass is 325 g/mol. The Morgan fingerprint density at radius 3 is 1.71 bits per heavy atom. The van der Waals surface area contributed by atoms with Gasteiger partial charge in [0, 0.05) is 0 Å². The Bertz CT molecular complexity index is 821. The summed E-state index contributed by atoms with van der Waals surface area (Å²) in [5, 5.41) is 0.432. The molecule has 0 N–H and O–H groups in total. The summed E-state index contributed by atoms with van der Waals surface area (Å²) in [7, 11) is 1.24. The number of carbonyl (C=O) groups is 4. The van der Waals surface area contributed by atoms with Crippen LogP contribution in [0.5, 0.6) is 0 Å². The lowest BCUT2D eigenvalue weighted by Crippen LogP contribution is -2.32. The molecule has 120 valence electrons. The normalized spacial score (nSPS) is 12.8. The zero-order chi connectivity index (χ0) is 17.3. The SMILES string of the molecule is COC(=O)c1ccc(C(=O)ON2C(=O)c3ccccc3C2=O)cc1. The van der Waals surface area contributed by atoms with E-state index in [0.717, 1.165) is 0 Å². The molecule has 7 heteroatoms. The average molecular weight is 325 g/mol. The molecule has 1 heterocycles. The van der Waals surface area contributed by atoms with Crippen molar-refractivity contribution in [3.05, 3.63) is 70.8 Å². The number of imide groups is 1. The molecule has 1 aliphatic rings. The molecule has 0 aliphatic carbocycles. The molecule has 0 aromatic heterocycles. The Morgan fingerprint density at radius 1 is 0.792 bits per heavy atom. The first-order valence-corrected chi connectivity index (χ1v) is 6.91. The number of hydrogen-bond acceptors (Lipinski definition) is 6. The number of hydrogen-bond donors (Lipinski definition) is 0. The van der Waals surface area contributed by atoms with Gasteiger partial charge >= 0.3 is 11.9 Å². The Balaban J connectivity index is 1.77. The van der Waals surface area contributed by atoms with Gasteiger partial charge < -0.3 is 9.57 Å². The fourth-order valence-corrected chi connectivity index (χ4v) is 2.25. The maximum atomic E-state index is 12.1. The Hall–Kier alpha value is -3.48. The van der Waals surface area contributed by atoms with Gasteiger partial charge in [0.25, 0.3) is 11.8 Å². The van der Waals surface area contributed by atoms with Gasteiger partial charge in [0.05, 0.1) is 29.4 Å². The van der Waals surface area contributed by atoms with Crippen molar-refractivity contribution in [3.63, 3.8) is 0 Å². The molecule has 0 spiro atoms. The van der Waals surface area contributed by atoms with Crippen LogP contribution in [-0.4, -0.2) is 35.9 Å². The number of esters is 1. The lowest BCUT2D eigenvalue weighted by molar-refractivity contribution is -0.0584. The Kier molecular flexibility index (Phi) is 3.83. The van der Waals surface area contributed by atoms with Gasteiger partial charge in [-0.1, -0.05) is 17.2 Å². The van der Waals surface area contributed by atoms with Gasteiger partial charge in [-0.25, -0.2) is 9.59 Å². The largest absolute Gasteiger partial charge is 0.465 e. The summed E-state index contributed by atoms with van der Waals surface area (Å²) >= 11 is 0. The van der Waals surface area contributed by atoms with E-state index in [1.54, 1.807) is 12.1 Å². The van der Waals surface area contributed by atoms with Crippen molar-refractivity contribution >= 4 is 23.8 Å². The van der Waals surface area contributed by atoms with E-state index in [-0.39, 0.29) is 22.3 Å². The number of methoxy groups -OCH3 is 1. The van der Waals surface area contributed by atoms with Gasteiger partial charge in [-0.15, -0.1) is 0 Å². The molecule has 2 aromatic rings. The second kappa shape index (κ2) is 5.96. The maximum absolute atomic E-state index is 12.1. The Morgan fingerprint density at radius 2 is 1.25 bits per heavy atom. The maximum Gasteiger partial charge on any atom is 0.363 e. The number of rotatable bonds is 3. The topological polar surface area (TPSA) is 90.0 Å². The highest BCUT2D eigenvalue weighted by Crippen LogP contribution is 2.23. The number of benzene rings is 2. The molecule has 3 rings (SSSR count). The van der Waals surface area contributed by atoms with Crippen LogP contribution in [0, 0.1) is 0 Å². The first kappa shape index (κ1) is 15.4. The molecular formula is C17H11NO6. The molecular weight excluding hydrogens is 314 g/mol. The number of fused-ring (bicyclic) bond motifs is 1. The second-order valence-electron chi connectivity index (χ2n) is 4.90.